The van der Waals surface area contributed by atoms with Crippen molar-refractivity contribution in [3.63, 3.8) is 0 Å². The topological polar surface area (TPSA) is 38.3 Å². The van der Waals surface area contributed by atoms with Crippen molar-refractivity contribution in [2.75, 3.05) is 5.88 Å². The molecule has 0 aromatic heterocycles. The van der Waals surface area contributed by atoms with Gasteiger partial charge in [0.2, 0.25) is 0 Å². The summed E-state index contributed by atoms with van der Waals surface area (Å²) in [5.41, 5.74) is -0.0978. The predicted octanol–water partition coefficient (Wildman–Crippen LogP) is 3.96. The van der Waals surface area contributed by atoms with Gasteiger partial charge in [0, 0.05) is 11.4 Å². The average molecular weight is 318 g/mol. The van der Waals surface area contributed by atoms with E-state index in [9.17, 15) is 13.6 Å². The molecule has 6 heteroatoms. The van der Waals surface area contributed by atoms with Gasteiger partial charge < -0.3 is 10.1 Å². The van der Waals surface area contributed by atoms with Crippen LogP contribution in [0.2, 0.25) is 0 Å². The standard InChI is InChI=1S/C15H18ClF2NO2/c16-10-15(7-2-1-3-8-15)19-13(20)11-5-4-6-12(9-11)21-14(17)18/h4-6,9,14H,1-3,7-8,10H2,(H,19,20). The molecule has 1 saturated carbocycles. The minimum Gasteiger partial charge on any atom is -0.435 e. The second kappa shape index (κ2) is 7.07. The van der Waals surface area contributed by atoms with E-state index in [2.05, 4.69) is 10.1 Å². The van der Waals surface area contributed by atoms with E-state index >= 15 is 0 Å². The molecule has 0 unspecified atom stereocenters. The highest BCUT2D eigenvalue weighted by molar-refractivity contribution is 6.19. The van der Waals surface area contributed by atoms with Gasteiger partial charge in [0.15, 0.2) is 0 Å². The maximum absolute atomic E-state index is 12.3. The van der Waals surface area contributed by atoms with Crippen LogP contribution in [-0.2, 0) is 0 Å². The number of ether oxygens (including phenoxy) is 1. The molecule has 21 heavy (non-hydrogen) atoms. The van der Waals surface area contributed by atoms with Crippen molar-refractivity contribution in [1.82, 2.24) is 5.32 Å². The lowest BCUT2D eigenvalue weighted by Gasteiger charge is -2.36. The van der Waals surface area contributed by atoms with Gasteiger partial charge in [0.1, 0.15) is 5.75 Å². The summed E-state index contributed by atoms with van der Waals surface area (Å²) in [4.78, 5) is 12.3. The summed E-state index contributed by atoms with van der Waals surface area (Å²) < 4.78 is 28.7. The highest BCUT2D eigenvalue weighted by Crippen LogP contribution is 2.29. The predicted molar refractivity (Wildman–Crippen MR) is 77.1 cm³/mol. The highest BCUT2D eigenvalue weighted by atomic mass is 35.5. The third kappa shape index (κ3) is 4.30. The van der Waals surface area contributed by atoms with Crippen LogP contribution in [0.25, 0.3) is 0 Å². The Bertz CT molecular complexity index is 490. The fourth-order valence-electron chi connectivity index (χ4n) is 2.65. The van der Waals surface area contributed by atoms with E-state index in [4.69, 9.17) is 11.6 Å². The summed E-state index contributed by atoms with van der Waals surface area (Å²) in [6.45, 7) is -2.91. The smallest absolute Gasteiger partial charge is 0.387 e. The summed E-state index contributed by atoms with van der Waals surface area (Å²) in [6.07, 6.45) is 4.89. The molecule has 3 nitrogen and oxygen atoms in total. The van der Waals surface area contributed by atoms with Gasteiger partial charge in [0.05, 0.1) is 5.54 Å². The first kappa shape index (κ1) is 16.0. The van der Waals surface area contributed by atoms with E-state index < -0.39 is 12.2 Å². The van der Waals surface area contributed by atoms with Crippen LogP contribution in [0.4, 0.5) is 8.78 Å². The molecular formula is C15H18ClF2NO2. The molecule has 1 aromatic rings. The Balaban J connectivity index is 2.08. The number of benzene rings is 1. The Morgan fingerprint density at radius 1 is 1.33 bits per heavy atom. The van der Waals surface area contributed by atoms with Crippen molar-refractivity contribution in [1.29, 1.82) is 0 Å². The van der Waals surface area contributed by atoms with Crippen LogP contribution in [-0.4, -0.2) is 23.9 Å². The second-order valence-corrected chi connectivity index (χ2v) is 5.60. The SMILES string of the molecule is O=C(NC1(CCl)CCCCC1)c1cccc(OC(F)F)c1. The zero-order chi connectivity index (χ0) is 15.3. The molecule has 2 rings (SSSR count). The average Bonchev–Trinajstić information content (AvgIpc) is 2.48. The van der Waals surface area contributed by atoms with Gasteiger partial charge in [-0.05, 0) is 31.0 Å². The molecule has 0 radical (unpaired) electrons. The Hall–Kier alpha value is -1.36. The summed E-state index contributed by atoms with van der Waals surface area (Å²) in [5, 5.41) is 2.96. The monoisotopic (exact) mass is 317 g/mol. The van der Waals surface area contributed by atoms with E-state index in [1.807, 2.05) is 0 Å². The maximum atomic E-state index is 12.3. The first-order chi connectivity index (χ1) is 10.0. The fourth-order valence-corrected chi connectivity index (χ4v) is 2.98. The number of rotatable bonds is 5. The van der Waals surface area contributed by atoms with Crippen molar-refractivity contribution >= 4 is 17.5 Å². The van der Waals surface area contributed by atoms with Crippen LogP contribution in [0.5, 0.6) is 5.75 Å². The Morgan fingerprint density at radius 2 is 2.05 bits per heavy atom. The minimum atomic E-state index is -2.91. The Morgan fingerprint density at radius 3 is 2.67 bits per heavy atom. The van der Waals surface area contributed by atoms with Gasteiger partial charge in [-0.2, -0.15) is 8.78 Å². The molecule has 116 valence electrons. The molecular weight excluding hydrogens is 300 g/mol. The lowest BCUT2D eigenvalue weighted by Crippen LogP contribution is -2.51. The van der Waals surface area contributed by atoms with Gasteiger partial charge in [-0.25, -0.2) is 0 Å². The van der Waals surface area contributed by atoms with Gasteiger partial charge in [-0.15, -0.1) is 11.6 Å². The molecule has 0 saturated heterocycles. The molecule has 0 bridgehead atoms. The lowest BCUT2D eigenvalue weighted by atomic mass is 9.83. The summed E-state index contributed by atoms with van der Waals surface area (Å²) in [6, 6.07) is 5.78. The largest absolute Gasteiger partial charge is 0.435 e. The molecule has 1 N–H and O–H groups in total. The molecule has 1 aliphatic rings. The normalized spacial score (nSPS) is 17.5. The van der Waals surface area contributed by atoms with Gasteiger partial charge >= 0.3 is 6.61 Å². The van der Waals surface area contributed by atoms with Crippen molar-refractivity contribution in [3.05, 3.63) is 29.8 Å². The third-order valence-electron chi connectivity index (χ3n) is 3.77. The zero-order valence-corrected chi connectivity index (χ0v) is 12.3. The van der Waals surface area contributed by atoms with Gasteiger partial charge in [-0.1, -0.05) is 25.3 Å². The van der Waals surface area contributed by atoms with Gasteiger partial charge in [-0.3, -0.25) is 4.79 Å². The van der Waals surface area contributed by atoms with Crippen molar-refractivity contribution < 1.29 is 18.3 Å². The first-order valence-corrected chi connectivity index (χ1v) is 7.51. The van der Waals surface area contributed by atoms with Gasteiger partial charge in [0.25, 0.3) is 5.91 Å². The van der Waals surface area contributed by atoms with Crippen LogP contribution < -0.4 is 10.1 Å². The number of halogens is 3. The van der Waals surface area contributed by atoms with E-state index in [1.165, 1.54) is 18.2 Å². The number of carbonyl (C=O) groups is 1. The number of amides is 1. The minimum absolute atomic E-state index is 0.0267. The third-order valence-corrected chi connectivity index (χ3v) is 4.28. The van der Waals surface area contributed by atoms with Crippen LogP contribution >= 0.6 is 11.6 Å². The molecule has 0 atom stereocenters. The molecule has 0 aliphatic heterocycles. The molecule has 1 fully saturated rings. The highest BCUT2D eigenvalue weighted by Gasteiger charge is 2.33. The molecule has 0 heterocycles. The van der Waals surface area contributed by atoms with E-state index in [0.29, 0.717) is 11.4 Å². The van der Waals surface area contributed by atoms with E-state index in [1.54, 1.807) is 6.07 Å². The quantitative estimate of drug-likeness (QED) is 0.835. The summed E-state index contributed by atoms with van der Waals surface area (Å²) >= 11 is 6.03. The van der Waals surface area contributed by atoms with Crippen molar-refractivity contribution in [2.45, 2.75) is 44.3 Å². The Kier molecular flexibility index (Phi) is 5.39. The number of hydrogen-bond acceptors (Lipinski definition) is 2. The summed E-state index contributed by atoms with van der Waals surface area (Å²) in [5.74, 6) is 0.0184. The molecule has 0 spiro atoms. The second-order valence-electron chi connectivity index (χ2n) is 5.34. The van der Waals surface area contributed by atoms with E-state index in [-0.39, 0.29) is 11.7 Å². The number of carbonyl (C=O) groups excluding carboxylic acids is 1. The van der Waals surface area contributed by atoms with Crippen LogP contribution in [0.3, 0.4) is 0 Å². The van der Waals surface area contributed by atoms with Crippen LogP contribution in [0, 0.1) is 0 Å². The number of hydrogen-bond donors (Lipinski definition) is 1. The summed E-state index contributed by atoms with van der Waals surface area (Å²) in [7, 11) is 0. The fraction of sp³-hybridized carbons (Fsp3) is 0.533. The lowest BCUT2D eigenvalue weighted by molar-refractivity contribution is -0.0498. The first-order valence-electron chi connectivity index (χ1n) is 6.98. The van der Waals surface area contributed by atoms with Crippen molar-refractivity contribution in [2.24, 2.45) is 0 Å². The maximum Gasteiger partial charge on any atom is 0.387 e. The number of alkyl halides is 3. The Labute approximate surface area is 127 Å². The zero-order valence-electron chi connectivity index (χ0n) is 11.6. The van der Waals surface area contributed by atoms with Crippen LogP contribution in [0.1, 0.15) is 42.5 Å². The van der Waals surface area contributed by atoms with Crippen molar-refractivity contribution in [3.8, 4) is 5.75 Å². The van der Waals surface area contributed by atoms with E-state index in [0.717, 1.165) is 32.1 Å². The molecule has 1 amide bonds. The van der Waals surface area contributed by atoms with Crippen LogP contribution in [0.15, 0.2) is 24.3 Å². The number of nitrogens with one attached hydrogen (secondary N) is 1. The molecule has 1 aliphatic carbocycles. The molecule has 1 aromatic carbocycles.